The number of hydrogen-bond acceptors (Lipinski definition) is 3. The van der Waals surface area contributed by atoms with E-state index in [-0.39, 0.29) is 11.5 Å². The number of nitrogens with zero attached hydrogens (tertiary/aromatic N) is 3. The monoisotopic (exact) mass is 446 g/mol. The van der Waals surface area contributed by atoms with Gasteiger partial charge in [-0.25, -0.2) is 9.78 Å². The molecule has 32 heavy (non-hydrogen) atoms. The number of aromatic nitrogens is 3. The number of pyridine rings is 1. The summed E-state index contributed by atoms with van der Waals surface area (Å²) in [5, 5.41) is 9.19. The van der Waals surface area contributed by atoms with E-state index in [4.69, 9.17) is 4.98 Å². The SMILES string of the molecule is Cn1c(C2CCN(C(=O)O)CC2)nc(-c2cccc(C(F)(F)F)c2)c1-c1cc[nH]c(=O)c1. The number of hydrogen-bond donors (Lipinski definition) is 2. The fourth-order valence-electron chi connectivity index (χ4n) is 4.18. The van der Waals surface area contributed by atoms with Crippen molar-refractivity contribution in [3.63, 3.8) is 0 Å². The standard InChI is InChI=1S/C22H21F3N4O3/c1-28-19(15-5-8-26-17(30)12-15)18(14-3-2-4-16(11-14)22(23,24)25)27-20(28)13-6-9-29(10-7-13)21(31)32/h2-5,8,11-13H,6-7,9-10H2,1H3,(H,26,30)(H,31,32). The van der Waals surface area contributed by atoms with Gasteiger partial charge in [0.2, 0.25) is 5.56 Å². The first kappa shape index (κ1) is 21.7. The zero-order chi connectivity index (χ0) is 23.0. The van der Waals surface area contributed by atoms with Crippen molar-refractivity contribution >= 4 is 6.09 Å². The fraction of sp³-hybridized carbons (Fsp3) is 0.318. The lowest BCUT2D eigenvalue weighted by molar-refractivity contribution is -0.137. The molecule has 7 nitrogen and oxygen atoms in total. The zero-order valence-corrected chi connectivity index (χ0v) is 17.2. The molecule has 0 bridgehead atoms. The van der Waals surface area contributed by atoms with Crippen LogP contribution in [-0.2, 0) is 13.2 Å². The predicted molar refractivity (Wildman–Crippen MR) is 111 cm³/mol. The van der Waals surface area contributed by atoms with Crippen LogP contribution in [0.25, 0.3) is 22.5 Å². The van der Waals surface area contributed by atoms with Gasteiger partial charge in [-0.2, -0.15) is 13.2 Å². The molecule has 1 fully saturated rings. The lowest BCUT2D eigenvalue weighted by Crippen LogP contribution is -2.37. The van der Waals surface area contributed by atoms with E-state index >= 15 is 0 Å². The van der Waals surface area contributed by atoms with E-state index < -0.39 is 17.8 Å². The molecule has 0 spiro atoms. The number of H-pyrrole nitrogens is 1. The van der Waals surface area contributed by atoms with Crippen LogP contribution in [0.1, 0.15) is 30.1 Å². The molecule has 3 heterocycles. The Hall–Kier alpha value is -3.56. The van der Waals surface area contributed by atoms with Crippen molar-refractivity contribution in [1.29, 1.82) is 0 Å². The first-order valence-corrected chi connectivity index (χ1v) is 10.1. The number of carbonyl (C=O) groups is 1. The molecular formula is C22H21F3N4O3. The number of piperidine rings is 1. The normalized spacial score (nSPS) is 15.2. The molecule has 0 saturated carbocycles. The first-order valence-electron chi connectivity index (χ1n) is 10.1. The summed E-state index contributed by atoms with van der Waals surface area (Å²) < 4.78 is 41.7. The topological polar surface area (TPSA) is 91.2 Å². The quantitative estimate of drug-likeness (QED) is 0.627. The van der Waals surface area contributed by atoms with Crippen molar-refractivity contribution in [2.75, 3.05) is 13.1 Å². The van der Waals surface area contributed by atoms with Gasteiger partial charge in [0.1, 0.15) is 5.82 Å². The van der Waals surface area contributed by atoms with Crippen molar-refractivity contribution in [2.45, 2.75) is 24.9 Å². The summed E-state index contributed by atoms with van der Waals surface area (Å²) in [4.78, 5) is 31.7. The van der Waals surface area contributed by atoms with E-state index in [1.807, 2.05) is 0 Å². The van der Waals surface area contributed by atoms with Gasteiger partial charge >= 0.3 is 12.3 Å². The van der Waals surface area contributed by atoms with Gasteiger partial charge in [0, 0.05) is 49.4 Å². The van der Waals surface area contributed by atoms with Crippen LogP contribution in [0.3, 0.4) is 0 Å². The van der Waals surface area contributed by atoms with E-state index in [1.165, 1.54) is 23.2 Å². The maximum absolute atomic E-state index is 13.3. The molecule has 4 rings (SSSR count). The highest BCUT2D eigenvalue weighted by Crippen LogP contribution is 2.38. The molecule has 0 radical (unpaired) electrons. The fourth-order valence-corrected chi connectivity index (χ4v) is 4.18. The molecular weight excluding hydrogens is 425 g/mol. The van der Waals surface area contributed by atoms with Crippen LogP contribution in [-0.4, -0.2) is 43.7 Å². The predicted octanol–water partition coefficient (Wildman–Crippen LogP) is 4.32. The summed E-state index contributed by atoms with van der Waals surface area (Å²) in [5.74, 6) is 0.591. The smallest absolute Gasteiger partial charge is 0.416 e. The highest BCUT2D eigenvalue weighted by atomic mass is 19.4. The minimum Gasteiger partial charge on any atom is -0.465 e. The van der Waals surface area contributed by atoms with Gasteiger partial charge in [-0.1, -0.05) is 12.1 Å². The summed E-state index contributed by atoms with van der Waals surface area (Å²) in [6.07, 6.45) is -2.90. The molecule has 0 aliphatic carbocycles. The van der Waals surface area contributed by atoms with Crippen molar-refractivity contribution in [2.24, 2.45) is 7.05 Å². The molecule has 2 aromatic heterocycles. The molecule has 1 saturated heterocycles. The Bertz CT molecular complexity index is 1210. The Morgan fingerprint density at radius 1 is 1.16 bits per heavy atom. The van der Waals surface area contributed by atoms with Crippen LogP contribution in [0, 0.1) is 0 Å². The number of alkyl halides is 3. The molecule has 1 aliphatic rings. The molecule has 1 amide bonds. The minimum absolute atomic E-state index is 0.0594. The number of amides is 1. The number of aromatic amines is 1. The van der Waals surface area contributed by atoms with Crippen molar-refractivity contribution in [1.82, 2.24) is 19.4 Å². The summed E-state index contributed by atoms with van der Waals surface area (Å²) in [7, 11) is 1.76. The van der Waals surface area contributed by atoms with Gasteiger partial charge in [-0.05, 0) is 31.0 Å². The van der Waals surface area contributed by atoms with Crippen molar-refractivity contribution in [3.8, 4) is 22.5 Å². The third kappa shape index (κ3) is 4.12. The van der Waals surface area contributed by atoms with Crippen LogP contribution >= 0.6 is 0 Å². The molecule has 168 valence electrons. The molecule has 3 aromatic rings. The number of imidazole rings is 1. The van der Waals surface area contributed by atoms with Crippen LogP contribution < -0.4 is 5.56 Å². The second-order valence-electron chi connectivity index (χ2n) is 7.79. The summed E-state index contributed by atoms with van der Waals surface area (Å²) in [6.45, 7) is 0.707. The van der Waals surface area contributed by atoms with Crippen LogP contribution in [0.5, 0.6) is 0 Å². The van der Waals surface area contributed by atoms with E-state index in [9.17, 15) is 27.9 Å². The van der Waals surface area contributed by atoms with Gasteiger partial charge in [0.15, 0.2) is 0 Å². The Balaban J connectivity index is 1.83. The maximum atomic E-state index is 13.3. The van der Waals surface area contributed by atoms with E-state index in [1.54, 1.807) is 23.7 Å². The van der Waals surface area contributed by atoms with E-state index in [0.29, 0.717) is 54.3 Å². The number of nitrogens with one attached hydrogen (secondary N) is 1. The third-order valence-electron chi connectivity index (χ3n) is 5.77. The number of rotatable bonds is 3. The first-order chi connectivity index (χ1) is 15.1. The number of likely N-dealkylation sites (tertiary alicyclic amines) is 1. The summed E-state index contributed by atoms with van der Waals surface area (Å²) in [6, 6.07) is 8.00. The Labute approximate surface area is 181 Å². The van der Waals surface area contributed by atoms with Gasteiger partial charge in [0.25, 0.3) is 0 Å². The van der Waals surface area contributed by atoms with Gasteiger partial charge < -0.3 is 19.6 Å². The Kier molecular flexibility index (Phi) is 5.53. The highest BCUT2D eigenvalue weighted by Gasteiger charge is 2.32. The molecule has 10 heteroatoms. The molecule has 1 aromatic carbocycles. The Morgan fingerprint density at radius 3 is 2.50 bits per heavy atom. The van der Waals surface area contributed by atoms with Crippen LogP contribution in [0.15, 0.2) is 47.4 Å². The number of benzene rings is 1. The molecule has 0 atom stereocenters. The zero-order valence-electron chi connectivity index (χ0n) is 17.2. The van der Waals surface area contributed by atoms with Gasteiger partial charge in [-0.3, -0.25) is 4.79 Å². The second-order valence-corrected chi connectivity index (χ2v) is 7.79. The molecule has 0 unspecified atom stereocenters. The lowest BCUT2D eigenvalue weighted by atomic mass is 9.96. The highest BCUT2D eigenvalue weighted by molar-refractivity contribution is 5.79. The largest absolute Gasteiger partial charge is 0.465 e. The third-order valence-corrected chi connectivity index (χ3v) is 5.77. The average Bonchev–Trinajstić information content (AvgIpc) is 3.10. The average molecular weight is 446 g/mol. The van der Waals surface area contributed by atoms with Crippen molar-refractivity contribution < 1.29 is 23.1 Å². The van der Waals surface area contributed by atoms with E-state index in [2.05, 4.69) is 4.98 Å². The lowest BCUT2D eigenvalue weighted by Gasteiger charge is -2.29. The summed E-state index contributed by atoms with van der Waals surface area (Å²) >= 11 is 0. The van der Waals surface area contributed by atoms with Gasteiger partial charge in [-0.15, -0.1) is 0 Å². The summed E-state index contributed by atoms with van der Waals surface area (Å²) in [5.41, 5.74) is 0.583. The number of halogens is 3. The maximum Gasteiger partial charge on any atom is 0.416 e. The van der Waals surface area contributed by atoms with Crippen LogP contribution in [0.4, 0.5) is 18.0 Å². The second kappa shape index (κ2) is 8.18. The van der Waals surface area contributed by atoms with Crippen molar-refractivity contribution in [3.05, 3.63) is 64.3 Å². The molecule has 2 N–H and O–H groups in total. The van der Waals surface area contributed by atoms with Gasteiger partial charge in [0.05, 0.1) is 17.0 Å². The number of carboxylic acid groups (broad SMARTS) is 1. The van der Waals surface area contributed by atoms with E-state index in [0.717, 1.165) is 12.1 Å². The molecule has 1 aliphatic heterocycles. The Morgan fingerprint density at radius 2 is 1.88 bits per heavy atom. The van der Waals surface area contributed by atoms with Crippen LogP contribution in [0.2, 0.25) is 0 Å². The minimum atomic E-state index is -4.50.